The number of benzene rings is 4. The van der Waals surface area contributed by atoms with Gasteiger partial charge in [-0.05, 0) is 74.2 Å². The fourth-order valence-electron chi connectivity index (χ4n) is 10.7. The van der Waals surface area contributed by atoms with Crippen molar-refractivity contribution in [3.8, 4) is 23.0 Å². The van der Waals surface area contributed by atoms with Gasteiger partial charge in [-0.1, -0.05) is 199 Å². The maximum absolute atomic E-state index is 10.2. The van der Waals surface area contributed by atoms with Crippen molar-refractivity contribution in [3.05, 3.63) is 119 Å². The lowest BCUT2D eigenvalue weighted by Gasteiger charge is -2.36. The van der Waals surface area contributed by atoms with Crippen molar-refractivity contribution in [1.82, 2.24) is 0 Å². The number of hydrogen-bond acceptors (Lipinski definition) is 8. The second-order valence-corrected chi connectivity index (χ2v) is 50.7. The molecule has 0 saturated heterocycles. The van der Waals surface area contributed by atoms with E-state index in [1.54, 1.807) is 24.3 Å². The van der Waals surface area contributed by atoms with Crippen LogP contribution in [0.4, 0.5) is 0 Å². The second kappa shape index (κ2) is 31.7. The molecule has 4 N–H and O–H groups in total. The molecule has 0 aliphatic heterocycles. The van der Waals surface area contributed by atoms with Crippen LogP contribution >= 0.6 is 0 Å². The van der Waals surface area contributed by atoms with Crippen LogP contribution in [0.1, 0.15) is 73.6 Å². The summed E-state index contributed by atoms with van der Waals surface area (Å²) in [4.78, 5) is 18.9. The largest absolute Gasteiger partial charge is 0.507 e. The van der Waals surface area contributed by atoms with Crippen molar-refractivity contribution < 1.29 is 20.4 Å². The average Bonchev–Trinajstić information content (AvgIpc) is 3.33. The summed E-state index contributed by atoms with van der Waals surface area (Å²) >= 11 is 0. The first-order valence-corrected chi connectivity index (χ1v) is 44.4. The van der Waals surface area contributed by atoms with Gasteiger partial charge in [-0.2, -0.15) is 0 Å². The lowest BCUT2D eigenvalue weighted by Crippen LogP contribution is -2.37. The Labute approximate surface area is 447 Å². The molecule has 0 fully saturated rings. The number of para-hydroxylation sites is 4. The molecule has 4 aromatic rings. The van der Waals surface area contributed by atoms with Gasteiger partial charge in [0, 0.05) is 106 Å². The van der Waals surface area contributed by atoms with Gasteiger partial charge in [0.05, 0.1) is 8.07 Å². The Morgan fingerprint density at radius 3 is 0.685 bits per heavy atom. The number of aromatic hydroxyl groups is 4. The van der Waals surface area contributed by atoms with E-state index in [2.05, 4.69) is 52.4 Å². The summed E-state index contributed by atoms with van der Waals surface area (Å²) < 4.78 is 0. The van der Waals surface area contributed by atoms with Crippen molar-refractivity contribution in [2.24, 2.45) is 20.0 Å². The molecule has 0 atom stereocenters. The molecule has 400 valence electrons. The zero-order valence-corrected chi connectivity index (χ0v) is 51.6. The molecule has 0 radical (unpaired) electrons. The molecular formula is C60H96N4O4Si5. The van der Waals surface area contributed by atoms with Crippen LogP contribution in [0.2, 0.25) is 125 Å². The van der Waals surface area contributed by atoms with Gasteiger partial charge in [-0.3, -0.25) is 20.0 Å². The van der Waals surface area contributed by atoms with Gasteiger partial charge in [-0.25, -0.2) is 0 Å². The van der Waals surface area contributed by atoms with Gasteiger partial charge in [0.15, 0.2) is 0 Å². The molecule has 4 rings (SSSR count). The molecule has 0 aliphatic rings. The fourth-order valence-corrected chi connectivity index (χ4v) is 27.3. The summed E-state index contributed by atoms with van der Waals surface area (Å²) in [6.07, 6.45) is 17.4. The van der Waals surface area contributed by atoms with Crippen molar-refractivity contribution in [1.29, 1.82) is 0 Å². The molecule has 4 aromatic carbocycles. The second-order valence-electron chi connectivity index (χ2n) is 24.4. The highest BCUT2D eigenvalue weighted by molar-refractivity contribution is 6.82. The van der Waals surface area contributed by atoms with Crippen LogP contribution in [0.15, 0.2) is 117 Å². The molecule has 13 heteroatoms. The Bertz CT molecular complexity index is 2010. The maximum atomic E-state index is 10.2. The van der Waals surface area contributed by atoms with E-state index in [4.69, 9.17) is 20.0 Å². The summed E-state index contributed by atoms with van der Waals surface area (Å²) in [6.45, 7) is 24.2. The van der Waals surface area contributed by atoms with Crippen LogP contribution in [0.25, 0.3) is 0 Å². The van der Waals surface area contributed by atoms with Gasteiger partial charge in [0.25, 0.3) is 0 Å². The Balaban J connectivity index is 1.44. The van der Waals surface area contributed by atoms with Crippen LogP contribution in [0, 0.1) is 0 Å². The third kappa shape index (κ3) is 25.3. The van der Waals surface area contributed by atoms with Gasteiger partial charge in [-0.15, -0.1) is 0 Å². The SMILES string of the molecule is C[Si](C)(CCCN=Cc1ccccc1O)CCC[Si](CCC[Si](C)(C)CCCN=Cc1ccccc1O)(CCC[Si](C)(C)CCCN=Cc1ccccc1O)CCC[Si](C)(C)CCCN=Cc1ccccc1O. The maximum Gasteiger partial charge on any atom is 0.124 e. The van der Waals surface area contributed by atoms with Gasteiger partial charge in [0.2, 0.25) is 0 Å². The van der Waals surface area contributed by atoms with Crippen LogP contribution < -0.4 is 0 Å². The molecule has 73 heavy (non-hydrogen) atoms. The summed E-state index contributed by atoms with van der Waals surface area (Å²) in [6, 6.07) is 46.5. The molecule has 0 aliphatic carbocycles. The average molecular weight is 1080 g/mol. The van der Waals surface area contributed by atoms with Crippen LogP contribution in [0.5, 0.6) is 23.0 Å². The highest BCUT2D eigenvalue weighted by Crippen LogP contribution is 2.39. The normalized spacial score (nSPS) is 13.8. The highest BCUT2D eigenvalue weighted by atomic mass is 28.3. The van der Waals surface area contributed by atoms with E-state index in [0.29, 0.717) is 23.0 Å². The Hall–Kier alpha value is -4.16. The summed E-state index contributed by atoms with van der Waals surface area (Å²) in [5.74, 6) is 1.17. The Morgan fingerprint density at radius 2 is 0.479 bits per heavy atom. The zero-order chi connectivity index (χ0) is 53.1. The molecule has 0 amide bonds. The number of nitrogens with zero attached hydrogens (tertiary/aromatic N) is 4. The first-order chi connectivity index (χ1) is 34.8. The van der Waals surface area contributed by atoms with E-state index in [0.717, 1.165) is 74.1 Å². The van der Waals surface area contributed by atoms with Gasteiger partial charge >= 0.3 is 0 Å². The standard InChI is InChI=1S/C60H96N4O4Si5/c1-69(2,37-17-33-61-49-53-25-9-13-29-57(53)65)41-21-45-73(46-22-42-70(3,4)38-18-34-62-50-54-26-10-14-30-58(54)66,47-23-43-71(5,6)39-19-35-63-51-55-27-11-15-31-59(55)67)48-24-44-72(7,8)40-20-36-64-52-56-28-12-16-32-60(56)68/h9-16,25-32,49-52,65-68H,17-24,33-48H2,1-8H3. The molecule has 0 spiro atoms. The smallest absolute Gasteiger partial charge is 0.124 e. The summed E-state index contributed by atoms with van der Waals surface area (Å²) in [5, 5.41) is 40.8. The molecule has 0 saturated carbocycles. The van der Waals surface area contributed by atoms with E-state index in [9.17, 15) is 20.4 Å². The first-order valence-electron chi connectivity index (χ1n) is 27.9. The molecule has 8 nitrogen and oxygen atoms in total. The highest BCUT2D eigenvalue weighted by Gasteiger charge is 2.35. The minimum atomic E-state index is -1.64. The molecule has 0 bridgehead atoms. The number of rotatable bonds is 36. The third-order valence-electron chi connectivity index (χ3n) is 15.5. The molecule has 0 heterocycles. The van der Waals surface area contributed by atoms with Crippen molar-refractivity contribution in [2.45, 2.75) is 176 Å². The zero-order valence-electron chi connectivity index (χ0n) is 46.6. The summed E-state index contributed by atoms with van der Waals surface area (Å²) in [7, 11) is -7.34. The predicted octanol–water partition coefficient (Wildman–Crippen LogP) is 16.7. The Morgan fingerprint density at radius 1 is 0.288 bits per heavy atom. The van der Waals surface area contributed by atoms with E-state index < -0.39 is 40.4 Å². The van der Waals surface area contributed by atoms with Crippen LogP contribution in [-0.4, -0.2) is 112 Å². The van der Waals surface area contributed by atoms with E-state index >= 15 is 0 Å². The molecule has 0 unspecified atom stereocenters. The van der Waals surface area contributed by atoms with E-state index in [-0.39, 0.29) is 0 Å². The van der Waals surface area contributed by atoms with E-state index in [1.165, 1.54) is 98.2 Å². The van der Waals surface area contributed by atoms with Crippen LogP contribution in [0.3, 0.4) is 0 Å². The monoisotopic (exact) mass is 1080 g/mol. The van der Waals surface area contributed by atoms with E-state index in [1.807, 2.05) is 97.7 Å². The number of phenols is 4. The lowest BCUT2D eigenvalue weighted by molar-refractivity contribution is 0.474. The lowest BCUT2D eigenvalue weighted by atomic mass is 10.2. The summed E-state index contributed by atoms with van der Waals surface area (Å²) in [5.41, 5.74) is 3.18. The number of hydrogen-bond donors (Lipinski definition) is 4. The van der Waals surface area contributed by atoms with Gasteiger partial charge < -0.3 is 20.4 Å². The Kier molecular flexibility index (Phi) is 26.6. The van der Waals surface area contributed by atoms with Crippen molar-refractivity contribution in [2.75, 3.05) is 26.2 Å². The minimum absolute atomic E-state index is 0.293. The fraction of sp³-hybridized carbons (Fsp3) is 0.533. The van der Waals surface area contributed by atoms with Crippen molar-refractivity contribution in [3.63, 3.8) is 0 Å². The van der Waals surface area contributed by atoms with Gasteiger partial charge in [0.1, 0.15) is 23.0 Å². The van der Waals surface area contributed by atoms with Crippen molar-refractivity contribution >= 4 is 65.2 Å². The third-order valence-corrected chi connectivity index (χ3v) is 34.8. The number of phenolic OH excluding ortho intramolecular Hbond substituents is 4. The predicted molar refractivity (Wildman–Crippen MR) is 333 cm³/mol. The van der Waals surface area contributed by atoms with Crippen LogP contribution in [-0.2, 0) is 0 Å². The minimum Gasteiger partial charge on any atom is -0.507 e. The first kappa shape index (κ1) is 61.4. The molecular weight excluding hydrogens is 981 g/mol. The quantitative estimate of drug-likeness (QED) is 0.0205. The topological polar surface area (TPSA) is 130 Å². The molecule has 0 aromatic heterocycles. The number of aliphatic imine (C=N–C) groups is 4.